The topological polar surface area (TPSA) is 52.1 Å². The molecule has 0 fully saturated rings. The van der Waals surface area contributed by atoms with E-state index in [4.69, 9.17) is 4.74 Å². The van der Waals surface area contributed by atoms with Crippen molar-refractivity contribution in [2.75, 3.05) is 0 Å². The maximum Gasteiger partial charge on any atom is 0.299 e. The number of benzene rings is 1. The molecule has 4 nitrogen and oxygen atoms in total. The lowest BCUT2D eigenvalue weighted by atomic mass is 10.2. The second-order valence-electron chi connectivity index (χ2n) is 3.97. The Bertz CT molecular complexity index is 711. The number of nitrogens with zero attached hydrogens (tertiary/aromatic N) is 2. The van der Waals surface area contributed by atoms with Gasteiger partial charge in [0.05, 0.1) is 0 Å². The summed E-state index contributed by atoms with van der Waals surface area (Å²) in [5, 5.41) is 1.29. The summed E-state index contributed by atoms with van der Waals surface area (Å²) in [7, 11) is 0. The predicted octanol–water partition coefficient (Wildman–Crippen LogP) is 3.41. The molecule has 2 heterocycles. The van der Waals surface area contributed by atoms with Gasteiger partial charge in [-0.1, -0.05) is 41.7 Å². The zero-order valence-electron chi connectivity index (χ0n) is 10.4. The van der Waals surface area contributed by atoms with E-state index in [-0.39, 0.29) is 0 Å². The first-order valence-electron chi connectivity index (χ1n) is 5.95. The molecule has 0 atom stereocenters. The van der Waals surface area contributed by atoms with Gasteiger partial charge in [-0.3, -0.25) is 9.78 Å². The molecule has 98 valence electrons. The predicted molar refractivity (Wildman–Crippen MR) is 77.5 cm³/mol. The molecule has 0 radical (unpaired) electrons. The first kappa shape index (κ1) is 12.5. The molecular formula is C15H10N2O2S. The molecule has 0 saturated carbocycles. The molecule has 0 unspecified atom stereocenters. The molecule has 0 spiro atoms. The summed E-state index contributed by atoms with van der Waals surface area (Å²) in [6.07, 6.45) is 3.42. The Morgan fingerprint density at radius 1 is 1.00 bits per heavy atom. The highest BCUT2D eigenvalue weighted by atomic mass is 32.1. The van der Waals surface area contributed by atoms with Crippen LogP contribution in [0.2, 0.25) is 0 Å². The fraction of sp³-hybridized carbons (Fsp3) is 0. The van der Waals surface area contributed by atoms with E-state index < -0.39 is 0 Å². The number of hydrogen-bond acceptors (Lipinski definition) is 5. The van der Waals surface area contributed by atoms with Crippen molar-refractivity contribution in [3.63, 3.8) is 0 Å². The number of thiazole rings is 1. The highest BCUT2D eigenvalue weighted by Crippen LogP contribution is 2.39. The number of hydrogen-bond donors (Lipinski definition) is 0. The van der Waals surface area contributed by atoms with Crippen LogP contribution in [0, 0.1) is 0 Å². The van der Waals surface area contributed by atoms with Crippen LogP contribution >= 0.6 is 11.3 Å². The molecule has 20 heavy (non-hydrogen) atoms. The van der Waals surface area contributed by atoms with Crippen molar-refractivity contribution in [2.24, 2.45) is 0 Å². The second kappa shape index (κ2) is 5.63. The monoisotopic (exact) mass is 282 g/mol. The van der Waals surface area contributed by atoms with E-state index in [1.807, 2.05) is 42.5 Å². The van der Waals surface area contributed by atoms with Crippen LogP contribution in [0.1, 0.15) is 0 Å². The minimum absolute atomic E-state index is 0.427. The molecule has 0 aliphatic heterocycles. The normalized spacial score (nSPS) is 10.2. The van der Waals surface area contributed by atoms with Crippen LogP contribution < -0.4 is 4.74 Å². The van der Waals surface area contributed by atoms with Gasteiger partial charge in [0.25, 0.3) is 6.47 Å². The van der Waals surface area contributed by atoms with Crippen molar-refractivity contribution in [2.45, 2.75) is 0 Å². The van der Waals surface area contributed by atoms with Crippen molar-refractivity contribution in [3.05, 3.63) is 54.9 Å². The average Bonchev–Trinajstić information content (AvgIpc) is 2.94. The van der Waals surface area contributed by atoms with Gasteiger partial charge in [0, 0.05) is 23.5 Å². The highest BCUT2D eigenvalue weighted by molar-refractivity contribution is 7.17. The minimum Gasteiger partial charge on any atom is -0.415 e. The van der Waals surface area contributed by atoms with Gasteiger partial charge in [0.2, 0.25) is 5.06 Å². The molecule has 0 N–H and O–H groups in total. The molecule has 3 aromatic rings. The number of aromatic nitrogens is 2. The third kappa shape index (κ3) is 2.44. The van der Waals surface area contributed by atoms with Gasteiger partial charge in [-0.05, 0) is 12.1 Å². The lowest BCUT2D eigenvalue weighted by molar-refractivity contribution is -0.120. The molecule has 0 aliphatic rings. The quantitative estimate of drug-likeness (QED) is 0.688. The molecular weight excluding hydrogens is 272 g/mol. The Hall–Kier alpha value is -2.53. The molecule has 0 bridgehead atoms. The molecule has 0 saturated heterocycles. The molecule has 0 amide bonds. The van der Waals surface area contributed by atoms with Crippen LogP contribution in [-0.2, 0) is 4.79 Å². The zero-order valence-corrected chi connectivity index (χ0v) is 11.2. The minimum atomic E-state index is 0.427. The van der Waals surface area contributed by atoms with Crippen LogP contribution in [-0.4, -0.2) is 16.4 Å². The summed E-state index contributed by atoms with van der Waals surface area (Å²) < 4.78 is 5.05. The van der Waals surface area contributed by atoms with Crippen LogP contribution in [0.15, 0.2) is 54.9 Å². The van der Waals surface area contributed by atoms with E-state index >= 15 is 0 Å². The maximum atomic E-state index is 10.7. The van der Waals surface area contributed by atoms with Crippen molar-refractivity contribution in [1.29, 1.82) is 0 Å². The first-order chi connectivity index (χ1) is 9.88. The number of ether oxygens (including phenoxy) is 1. The van der Waals surface area contributed by atoms with Gasteiger partial charge >= 0.3 is 0 Å². The Labute approximate surface area is 119 Å². The van der Waals surface area contributed by atoms with Gasteiger partial charge in [-0.15, -0.1) is 0 Å². The Morgan fingerprint density at radius 2 is 1.75 bits per heavy atom. The Morgan fingerprint density at radius 3 is 2.45 bits per heavy atom. The van der Waals surface area contributed by atoms with E-state index in [0.29, 0.717) is 17.2 Å². The average molecular weight is 282 g/mol. The molecule has 0 aliphatic carbocycles. The second-order valence-corrected chi connectivity index (χ2v) is 4.93. The lowest BCUT2D eigenvalue weighted by Crippen LogP contribution is -1.88. The van der Waals surface area contributed by atoms with Crippen LogP contribution in [0.25, 0.3) is 21.8 Å². The third-order valence-corrected chi connectivity index (χ3v) is 3.72. The van der Waals surface area contributed by atoms with E-state index in [1.165, 1.54) is 11.3 Å². The SMILES string of the molecule is O=COc1sc(-c2ccncc2)nc1-c1ccccc1. The largest absolute Gasteiger partial charge is 0.415 e. The number of carbonyl (C=O) groups is 1. The van der Waals surface area contributed by atoms with Gasteiger partial charge in [0.1, 0.15) is 10.7 Å². The summed E-state index contributed by atoms with van der Waals surface area (Å²) in [6.45, 7) is 0.427. The molecule has 5 heteroatoms. The van der Waals surface area contributed by atoms with Crippen LogP contribution in [0.3, 0.4) is 0 Å². The Balaban J connectivity index is 2.10. The van der Waals surface area contributed by atoms with Crippen LogP contribution in [0.4, 0.5) is 0 Å². The summed E-state index contributed by atoms with van der Waals surface area (Å²) >= 11 is 1.34. The number of pyridine rings is 1. The third-order valence-electron chi connectivity index (χ3n) is 2.73. The summed E-state index contributed by atoms with van der Waals surface area (Å²) in [4.78, 5) is 19.2. The van der Waals surface area contributed by atoms with Gasteiger partial charge in [-0.25, -0.2) is 4.98 Å². The van der Waals surface area contributed by atoms with Crippen molar-refractivity contribution in [3.8, 4) is 26.9 Å². The molecule has 1 aromatic carbocycles. The molecule has 2 aromatic heterocycles. The summed E-state index contributed by atoms with van der Waals surface area (Å²) in [5.41, 5.74) is 2.54. The maximum absolute atomic E-state index is 10.7. The van der Waals surface area contributed by atoms with E-state index in [9.17, 15) is 4.79 Å². The van der Waals surface area contributed by atoms with Gasteiger partial charge < -0.3 is 4.74 Å². The van der Waals surface area contributed by atoms with E-state index in [0.717, 1.165) is 16.1 Å². The fourth-order valence-corrected chi connectivity index (χ4v) is 2.74. The smallest absolute Gasteiger partial charge is 0.299 e. The van der Waals surface area contributed by atoms with Crippen molar-refractivity contribution >= 4 is 17.8 Å². The summed E-state index contributed by atoms with van der Waals surface area (Å²) in [5.74, 6) is 0. The van der Waals surface area contributed by atoms with Crippen molar-refractivity contribution < 1.29 is 9.53 Å². The van der Waals surface area contributed by atoms with E-state index in [2.05, 4.69) is 9.97 Å². The lowest BCUT2D eigenvalue weighted by Gasteiger charge is -1.98. The zero-order chi connectivity index (χ0) is 13.8. The summed E-state index contributed by atoms with van der Waals surface area (Å²) in [6, 6.07) is 13.4. The number of rotatable bonds is 4. The molecule has 3 rings (SSSR count). The number of carbonyl (C=O) groups excluding carboxylic acids is 1. The standard InChI is InChI=1S/C15H10N2O2S/c18-10-19-15-13(11-4-2-1-3-5-11)17-14(20-15)12-6-8-16-9-7-12/h1-10H. The Kier molecular flexibility index (Phi) is 3.52. The van der Waals surface area contributed by atoms with Crippen molar-refractivity contribution in [1.82, 2.24) is 9.97 Å². The first-order valence-corrected chi connectivity index (χ1v) is 6.77. The van der Waals surface area contributed by atoms with Crippen LogP contribution in [0.5, 0.6) is 5.06 Å². The fourth-order valence-electron chi connectivity index (χ4n) is 1.83. The van der Waals surface area contributed by atoms with Gasteiger partial charge in [0.15, 0.2) is 0 Å². The van der Waals surface area contributed by atoms with E-state index in [1.54, 1.807) is 12.4 Å². The van der Waals surface area contributed by atoms with Gasteiger partial charge in [-0.2, -0.15) is 0 Å². The highest BCUT2D eigenvalue weighted by Gasteiger charge is 2.15.